The van der Waals surface area contributed by atoms with Crippen LogP contribution < -0.4 is 10.1 Å². The molecule has 1 aromatic rings. The van der Waals surface area contributed by atoms with E-state index in [1.54, 1.807) is 41.2 Å². The van der Waals surface area contributed by atoms with Crippen molar-refractivity contribution in [1.29, 1.82) is 0 Å². The second-order valence-electron chi connectivity index (χ2n) is 6.95. The standard InChI is InChI=1S/C19H28N4O4/c1-21-11-12-27-17(14-21)13-20-19(25)23-9-7-22(8-10-23)18(24)15-3-5-16(26-2)6-4-15/h3-6,17H,7-14H2,1-2H3,(H,20,25)/t17-/m0/s1. The van der Waals surface area contributed by atoms with Crippen molar-refractivity contribution >= 4 is 11.9 Å². The minimum Gasteiger partial charge on any atom is -0.497 e. The van der Waals surface area contributed by atoms with Crippen molar-refractivity contribution in [3.8, 4) is 5.75 Å². The lowest BCUT2D eigenvalue weighted by Crippen LogP contribution is -2.54. The molecule has 0 unspecified atom stereocenters. The summed E-state index contributed by atoms with van der Waals surface area (Å²) < 4.78 is 10.8. The van der Waals surface area contributed by atoms with Crippen LogP contribution >= 0.6 is 0 Å². The molecule has 0 radical (unpaired) electrons. The van der Waals surface area contributed by atoms with Gasteiger partial charge in [-0.05, 0) is 31.3 Å². The number of hydrogen-bond acceptors (Lipinski definition) is 5. The summed E-state index contributed by atoms with van der Waals surface area (Å²) in [5.74, 6) is 0.706. The first-order valence-electron chi connectivity index (χ1n) is 9.33. The summed E-state index contributed by atoms with van der Waals surface area (Å²) in [6, 6.07) is 7.00. The van der Waals surface area contributed by atoms with Crippen LogP contribution in [0.1, 0.15) is 10.4 Å². The third-order valence-electron chi connectivity index (χ3n) is 5.01. The van der Waals surface area contributed by atoms with Crippen molar-refractivity contribution in [3.05, 3.63) is 29.8 Å². The van der Waals surface area contributed by atoms with E-state index in [1.807, 2.05) is 0 Å². The second kappa shape index (κ2) is 9.05. The fourth-order valence-electron chi connectivity index (χ4n) is 3.33. The van der Waals surface area contributed by atoms with Crippen molar-refractivity contribution in [3.63, 3.8) is 0 Å². The Bertz CT molecular complexity index is 644. The van der Waals surface area contributed by atoms with Crippen LogP contribution in [0.5, 0.6) is 5.75 Å². The third-order valence-corrected chi connectivity index (χ3v) is 5.01. The van der Waals surface area contributed by atoms with E-state index >= 15 is 0 Å². The molecule has 8 heteroatoms. The molecule has 2 saturated heterocycles. The first-order valence-corrected chi connectivity index (χ1v) is 9.33. The molecule has 2 aliphatic rings. The Morgan fingerprint density at radius 3 is 2.41 bits per heavy atom. The van der Waals surface area contributed by atoms with Gasteiger partial charge in [0.2, 0.25) is 0 Å². The number of ether oxygens (including phenoxy) is 2. The zero-order chi connectivity index (χ0) is 19.2. The molecule has 1 N–H and O–H groups in total. The number of rotatable bonds is 4. The fourth-order valence-corrected chi connectivity index (χ4v) is 3.33. The Hall–Kier alpha value is -2.32. The number of hydrogen-bond donors (Lipinski definition) is 1. The first-order chi connectivity index (χ1) is 13.1. The van der Waals surface area contributed by atoms with Gasteiger partial charge in [-0.15, -0.1) is 0 Å². The van der Waals surface area contributed by atoms with E-state index < -0.39 is 0 Å². The Labute approximate surface area is 160 Å². The zero-order valence-corrected chi connectivity index (χ0v) is 16.0. The van der Waals surface area contributed by atoms with E-state index in [1.165, 1.54) is 0 Å². The summed E-state index contributed by atoms with van der Waals surface area (Å²) in [7, 11) is 3.65. The molecule has 27 heavy (non-hydrogen) atoms. The van der Waals surface area contributed by atoms with Crippen molar-refractivity contribution < 1.29 is 19.1 Å². The maximum absolute atomic E-state index is 12.6. The predicted molar refractivity (Wildman–Crippen MR) is 101 cm³/mol. The van der Waals surface area contributed by atoms with Gasteiger partial charge in [-0.2, -0.15) is 0 Å². The average molecular weight is 376 g/mol. The lowest BCUT2D eigenvalue weighted by molar-refractivity contribution is -0.0173. The first kappa shape index (κ1) is 19.4. The lowest BCUT2D eigenvalue weighted by Gasteiger charge is -2.35. The van der Waals surface area contributed by atoms with Gasteiger partial charge >= 0.3 is 6.03 Å². The van der Waals surface area contributed by atoms with Crippen LogP contribution in [0.4, 0.5) is 4.79 Å². The summed E-state index contributed by atoms with van der Waals surface area (Å²) in [5, 5.41) is 2.95. The maximum atomic E-state index is 12.6. The minimum absolute atomic E-state index is 0.0173. The number of nitrogens with zero attached hydrogens (tertiary/aromatic N) is 3. The summed E-state index contributed by atoms with van der Waals surface area (Å²) in [5.41, 5.74) is 0.632. The van der Waals surface area contributed by atoms with Gasteiger partial charge in [-0.25, -0.2) is 4.79 Å². The Kier molecular flexibility index (Phi) is 6.52. The summed E-state index contributed by atoms with van der Waals surface area (Å²) in [6.45, 7) is 5.07. The number of nitrogens with one attached hydrogen (secondary N) is 1. The topological polar surface area (TPSA) is 74.4 Å². The zero-order valence-electron chi connectivity index (χ0n) is 16.0. The van der Waals surface area contributed by atoms with Gasteiger partial charge in [0.1, 0.15) is 5.75 Å². The molecule has 1 atom stereocenters. The fraction of sp³-hybridized carbons (Fsp3) is 0.579. The molecule has 0 aliphatic carbocycles. The molecular formula is C19H28N4O4. The Morgan fingerprint density at radius 1 is 1.11 bits per heavy atom. The van der Waals surface area contributed by atoms with Crippen LogP contribution in [0.15, 0.2) is 24.3 Å². The van der Waals surface area contributed by atoms with Crippen LogP contribution in [0.3, 0.4) is 0 Å². The predicted octanol–water partition coefficient (Wildman–Crippen LogP) is 0.493. The van der Waals surface area contributed by atoms with Crippen LogP contribution in [-0.2, 0) is 4.74 Å². The number of piperazine rings is 1. The SMILES string of the molecule is COc1ccc(C(=O)N2CCN(C(=O)NC[C@H]3CN(C)CCO3)CC2)cc1. The molecule has 2 heterocycles. The van der Waals surface area contributed by atoms with Crippen LogP contribution in [0, 0.1) is 0 Å². The summed E-state index contributed by atoms with van der Waals surface area (Å²) in [4.78, 5) is 30.7. The molecule has 0 saturated carbocycles. The maximum Gasteiger partial charge on any atom is 0.317 e. The highest BCUT2D eigenvalue weighted by Gasteiger charge is 2.26. The number of urea groups is 1. The molecular weight excluding hydrogens is 348 g/mol. The molecule has 8 nitrogen and oxygen atoms in total. The summed E-state index contributed by atoms with van der Waals surface area (Å²) >= 11 is 0. The minimum atomic E-state index is -0.0941. The highest BCUT2D eigenvalue weighted by Crippen LogP contribution is 2.14. The van der Waals surface area contributed by atoms with Gasteiger partial charge in [0.25, 0.3) is 5.91 Å². The van der Waals surface area contributed by atoms with Crippen molar-refractivity contribution in [2.45, 2.75) is 6.10 Å². The van der Waals surface area contributed by atoms with E-state index in [4.69, 9.17) is 9.47 Å². The van der Waals surface area contributed by atoms with Crippen LogP contribution in [0.25, 0.3) is 0 Å². The molecule has 1 aromatic carbocycles. The highest BCUT2D eigenvalue weighted by molar-refractivity contribution is 5.94. The van der Waals surface area contributed by atoms with Gasteiger partial charge < -0.3 is 29.5 Å². The largest absolute Gasteiger partial charge is 0.497 e. The molecule has 148 valence electrons. The highest BCUT2D eigenvalue weighted by atomic mass is 16.5. The quantitative estimate of drug-likeness (QED) is 0.828. The van der Waals surface area contributed by atoms with E-state index in [0.717, 1.165) is 18.8 Å². The molecule has 3 amide bonds. The molecule has 2 fully saturated rings. The van der Waals surface area contributed by atoms with Gasteiger partial charge in [-0.3, -0.25) is 4.79 Å². The second-order valence-corrected chi connectivity index (χ2v) is 6.95. The number of carbonyl (C=O) groups is 2. The van der Waals surface area contributed by atoms with Gasteiger partial charge in [-0.1, -0.05) is 0 Å². The molecule has 3 rings (SSSR count). The normalized spacial score (nSPS) is 21.0. The molecule has 0 bridgehead atoms. The number of methoxy groups -OCH3 is 1. The number of morpholine rings is 1. The van der Waals surface area contributed by atoms with Crippen molar-refractivity contribution in [2.75, 3.05) is 66.6 Å². The van der Waals surface area contributed by atoms with E-state index in [0.29, 0.717) is 44.9 Å². The van der Waals surface area contributed by atoms with E-state index in [9.17, 15) is 9.59 Å². The van der Waals surface area contributed by atoms with Gasteiger partial charge in [0, 0.05) is 51.4 Å². The number of carbonyl (C=O) groups excluding carboxylic acids is 2. The van der Waals surface area contributed by atoms with E-state index in [2.05, 4.69) is 17.3 Å². The number of benzene rings is 1. The molecule has 2 aliphatic heterocycles. The Morgan fingerprint density at radius 2 is 1.78 bits per heavy atom. The smallest absolute Gasteiger partial charge is 0.317 e. The summed E-state index contributed by atoms with van der Waals surface area (Å²) in [6.07, 6.45) is 0.0330. The van der Waals surface area contributed by atoms with Gasteiger partial charge in [0.05, 0.1) is 19.8 Å². The van der Waals surface area contributed by atoms with Gasteiger partial charge in [0.15, 0.2) is 0 Å². The Balaban J connectivity index is 1.43. The van der Waals surface area contributed by atoms with E-state index in [-0.39, 0.29) is 18.0 Å². The van der Waals surface area contributed by atoms with Crippen LogP contribution in [0.2, 0.25) is 0 Å². The lowest BCUT2D eigenvalue weighted by atomic mass is 10.1. The number of likely N-dealkylation sites (N-methyl/N-ethyl adjacent to an activating group) is 1. The third kappa shape index (κ3) is 5.11. The van der Waals surface area contributed by atoms with Crippen LogP contribution in [-0.4, -0.2) is 99.3 Å². The van der Waals surface area contributed by atoms with Crippen molar-refractivity contribution in [1.82, 2.24) is 20.0 Å². The van der Waals surface area contributed by atoms with Crippen molar-refractivity contribution in [2.24, 2.45) is 0 Å². The molecule has 0 spiro atoms. The monoisotopic (exact) mass is 376 g/mol. The average Bonchev–Trinajstić information content (AvgIpc) is 2.72. The number of amides is 3. The molecule has 0 aromatic heterocycles.